The Morgan fingerprint density at radius 2 is 2.05 bits per heavy atom. The molecule has 0 radical (unpaired) electrons. The molecule has 4 rings (SSSR count). The quantitative estimate of drug-likeness (QED) is 0.894. The van der Waals surface area contributed by atoms with Crippen LogP contribution in [0.4, 0.5) is 0 Å². The Morgan fingerprint density at radius 1 is 1.32 bits per heavy atom. The summed E-state index contributed by atoms with van der Waals surface area (Å²) in [4.78, 5) is 4.56. The van der Waals surface area contributed by atoms with Crippen LogP contribution in [0, 0.1) is 18.3 Å². The van der Waals surface area contributed by atoms with Gasteiger partial charge in [-0.1, -0.05) is 0 Å². The maximum Gasteiger partial charge on any atom is 0.213 e. The predicted molar refractivity (Wildman–Crippen MR) is 88.3 cm³/mol. The molecule has 1 N–H and O–H groups in total. The minimum atomic E-state index is -3.25. The van der Waals surface area contributed by atoms with Crippen LogP contribution in [0.15, 0.2) is 5.38 Å². The van der Waals surface area contributed by atoms with Gasteiger partial charge in [0.1, 0.15) is 5.01 Å². The summed E-state index contributed by atoms with van der Waals surface area (Å²) in [5.74, 6) is 1.11. The molecular weight excluding hydrogens is 316 g/mol. The number of aryl methyl sites for hydroxylation is 1. The summed E-state index contributed by atoms with van der Waals surface area (Å²) in [7, 11) is -3.25. The Labute approximate surface area is 136 Å². The van der Waals surface area contributed by atoms with Crippen LogP contribution in [-0.2, 0) is 15.6 Å². The third-order valence-corrected chi connectivity index (χ3v) is 8.83. The van der Waals surface area contributed by atoms with Crippen molar-refractivity contribution in [1.29, 1.82) is 0 Å². The molecule has 0 aliphatic heterocycles. The second kappa shape index (κ2) is 5.02. The highest BCUT2D eigenvalue weighted by molar-refractivity contribution is 7.89. The lowest BCUT2D eigenvalue weighted by atomic mass is 9.78. The molecule has 1 aromatic rings. The van der Waals surface area contributed by atoms with Crippen molar-refractivity contribution in [2.45, 2.75) is 63.8 Å². The summed E-state index contributed by atoms with van der Waals surface area (Å²) in [5.41, 5.74) is 0.643. The SMILES string of the molecule is Cc1csc(C2(NS(=O)(=O)CC34CCC(CC3)C4)CCC2)n1. The van der Waals surface area contributed by atoms with E-state index in [2.05, 4.69) is 9.71 Å². The zero-order chi connectivity index (χ0) is 15.4. The summed E-state index contributed by atoms with van der Waals surface area (Å²) >= 11 is 1.59. The van der Waals surface area contributed by atoms with Crippen LogP contribution < -0.4 is 4.72 Å². The highest BCUT2D eigenvalue weighted by Crippen LogP contribution is 2.55. The first kappa shape index (κ1) is 15.1. The molecule has 1 aromatic heterocycles. The van der Waals surface area contributed by atoms with Crippen molar-refractivity contribution >= 4 is 21.4 Å². The lowest BCUT2D eigenvalue weighted by Crippen LogP contribution is -2.52. The van der Waals surface area contributed by atoms with Crippen molar-refractivity contribution in [2.24, 2.45) is 11.3 Å². The molecule has 122 valence electrons. The summed E-state index contributed by atoms with van der Waals surface area (Å²) in [6, 6.07) is 0. The van der Waals surface area contributed by atoms with Gasteiger partial charge in [-0.15, -0.1) is 11.3 Å². The number of aromatic nitrogens is 1. The number of fused-ring (bicyclic) bond motifs is 2. The van der Waals surface area contributed by atoms with Crippen molar-refractivity contribution in [3.05, 3.63) is 16.1 Å². The number of hydrogen-bond acceptors (Lipinski definition) is 4. The molecule has 3 aliphatic rings. The fraction of sp³-hybridized carbons (Fsp3) is 0.812. The summed E-state index contributed by atoms with van der Waals surface area (Å²) in [6.45, 7) is 1.97. The molecule has 0 amide bonds. The Hall–Kier alpha value is -0.460. The Bertz CT molecular complexity index is 668. The topological polar surface area (TPSA) is 59.1 Å². The molecule has 3 fully saturated rings. The van der Waals surface area contributed by atoms with Gasteiger partial charge < -0.3 is 0 Å². The van der Waals surface area contributed by atoms with Gasteiger partial charge in [0, 0.05) is 11.1 Å². The fourth-order valence-electron chi connectivity index (χ4n) is 4.71. The smallest absolute Gasteiger partial charge is 0.213 e. The van der Waals surface area contributed by atoms with Crippen molar-refractivity contribution in [3.8, 4) is 0 Å². The van der Waals surface area contributed by atoms with Gasteiger partial charge in [0.15, 0.2) is 0 Å². The average molecular weight is 341 g/mol. The third-order valence-electron chi connectivity index (χ3n) is 5.97. The predicted octanol–water partition coefficient (Wildman–Crippen LogP) is 3.33. The second-order valence-electron chi connectivity index (χ2n) is 7.74. The van der Waals surface area contributed by atoms with Crippen LogP contribution in [0.25, 0.3) is 0 Å². The summed E-state index contributed by atoms with van der Waals surface area (Å²) in [6.07, 6.45) is 8.62. The molecule has 0 unspecified atom stereocenters. The minimum absolute atomic E-state index is 0.0697. The molecule has 0 atom stereocenters. The van der Waals surface area contributed by atoms with Crippen LogP contribution in [0.1, 0.15) is 62.1 Å². The number of nitrogens with zero attached hydrogens (tertiary/aromatic N) is 1. The van der Waals surface area contributed by atoms with E-state index in [0.717, 1.165) is 55.1 Å². The first-order valence-electron chi connectivity index (χ1n) is 8.35. The van der Waals surface area contributed by atoms with Gasteiger partial charge >= 0.3 is 0 Å². The van der Waals surface area contributed by atoms with Crippen LogP contribution in [0.5, 0.6) is 0 Å². The molecule has 3 aliphatic carbocycles. The molecule has 3 saturated carbocycles. The van der Waals surface area contributed by atoms with Crippen molar-refractivity contribution < 1.29 is 8.42 Å². The zero-order valence-corrected chi connectivity index (χ0v) is 14.7. The Kier molecular flexibility index (Phi) is 3.44. The van der Waals surface area contributed by atoms with Gasteiger partial charge in [-0.2, -0.15) is 0 Å². The van der Waals surface area contributed by atoms with E-state index in [1.165, 1.54) is 12.8 Å². The van der Waals surface area contributed by atoms with E-state index in [-0.39, 0.29) is 5.41 Å². The first-order valence-corrected chi connectivity index (χ1v) is 10.9. The molecule has 0 spiro atoms. The van der Waals surface area contributed by atoms with Crippen LogP contribution >= 0.6 is 11.3 Å². The van der Waals surface area contributed by atoms with Crippen LogP contribution in [-0.4, -0.2) is 19.2 Å². The van der Waals surface area contributed by atoms with E-state index in [4.69, 9.17) is 0 Å². The lowest BCUT2D eigenvalue weighted by molar-refractivity contribution is 0.221. The van der Waals surface area contributed by atoms with E-state index >= 15 is 0 Å². The molecule has 22 heavy (non-hydrogen) atoms. The van der Waals surface area contributed by atoms with E-state index < -0.39 is 15.6 Å². The van der Waals surface area contributed by atoms with Gasteiger partial charge in [0.25, 0.3) is 0 Å². The summed E-state index contributed by atoms with van der Waals surface area (Å²) < 4.78 is 28.7. The van der Waals surface area contributed by atoms with E-state index in [1.54, 1.807) is 11.3 Å². The number of rotatable bonds is 5. The third kappa shape index (κ3) is 2.53. The molecule has 1 heterocycles. The first-order chi connectivity index (χ1) is 10.4. The molecular formula is C16H24N2O2S2. The van der Waals surface area contributed by atoms with E-state index in [1.807, 2.05) is 12.3 Å². The normalized spacial score (nSPS) is 33.0. The van der Waals surface area contributed by atoms with Crippen molar-refractivity contribution in [2.75, 3.05) is 5.75 Å². The fourth-order valence-corrected chi connectivity index (χ4v) is 7.97. The average Bonchev–Trinajstić information content (AvgIpc) is 3.08. The monoisotopic (exact) mass is 340 g/mol. The number of nitrogens with one attached hydrogen (secondary N) is 1. The highest BCUT2D eigenvalue weighted by Gasteiger charge is 2.50. The molecule has 4 nitrogen and oxygen atoms in total. The van der Waals surface area contributed by atoms with E-state index in [9.17, 15) is 8.42 Å². The number of hydrogen-bond donors (Lipinski definition) is 1. The second-order valence-corrected chi connectivity index (χ2v) is 10.3. The molecule has 0 saturated heterocycles. The maximum absolute atomic E-state index is 12.8. The molecule has 6 heteroatoms. The van der Waals surface area contributed by atoms with Gasteiger partial charge in [0.2, 0.25) is 10.0 Å². The zero-order valence-electron chi connectivity index (χ0n) is 13.1. The van der Waals surface area contributed by atoms with E-state index in [0.29, 0.717) is 5.75 Å². The van der Waals surface area contributed by atoms with Crippen molar-refractivity contribution in [1.82, 2.24) is 9.71 Å². The molecule has 2 bridgehead atoms. The summed E-state index contributed by atoms with van der Waals surface area (Å²) in [5, 5.41) is 2.97. The van der Waals surface area contributed by atoms with Gasteiger partial charge in [0.05, 0.1) is 11.3 Å². The standard InChI is InChI=1S/C16H24N2O2S2/c1-12-10-21-14(17-12)16(5-2-6-16)18-22(19,20)11-15-7-3-13(9-15)4-8-15/h10,13,18H,2-9,11H2,1H3. The van der Waals surface area contributed by atoms with Gasteiger partial charge in [-0.3, -0.25) is 0 Å². The minimum Gasteiger partial charge on any atom is -0.245 e. The number of sulfonamides is 1. The van der Waals surface area contributed by atoms with Gasteiger partial charge in [-0.25, -0.2) is 18.1 Å². The Balaban J connectivity index is 1.53. The highest BCUT2D eigenvalue weighted by atomic mass is 32.2. The Morgan fingerprint density at radius 3 is 2.50 bits per heavy atom. The largest absolute Gasteiger partial charge is 0.245 e. The van der Waals surface area contributed by atoms with Gasteiger partial charge in [-0.05, 0) is 69.6 Å². The lowest BCUT2D eigenvalue weighted by Gasteiger charge is -2.41. The van der Waals surface area contributed by atoms with Crippen LogP contribution in [0.2, 0.25) is 0 Å². The number of thiazole rings is 1. The van der Waals surface area contributed by atoms with Crippen molar-refractivity contribution in [3.63, 3.8) is 0 Å². The molecule has 0 aromatic carbocycles. The van der Waals surface area contributed by atoms with Crippen LogP contribution in [0.3, 0.4) is 0 Å². The maximum atomic E-state index is 12.8.